The van der Waals surface area contributed by atoms with Crippen LogP contribution in [0.1, 0.15) is 26.3 Å². The lowest BCUT2D eigenvalue weighted by Gasteiger charge is -2.20. The van der Waals surface area contributed by atoms with Crippen LogP contribution in [0.2, 0.25) is 0 Å². The Bertz CT molecular complexity index is 1170. The fourth-order valence-corrected chi connectivity index (χ4v) is 4.13. The van der Waals surface area contributed by atoms with Crippen molar-refractivity contribution >= 4 is 39.8 Å². The SMILES string of the molecule is CCOc1cc(/C=C2/C(=N)N3N=C(C(C)C)SC3=NC2=O)ccc1OCCOc1ccccc1. The van der Waals surface area contributed by atoms with Gasteiger partial charge in [0, 0.05) is 5.92 Å². The molecule has 0 unspecified atom stereocenters. The maximum absolute atomic E-state index is 12.6. The van der Waals surface area contributed by atoms with E-state index in [0.717, 1.165) is 10.8 Å². The number of carbonyl (C=O) groups is 1. The summed E-state index contributed by atoms with van der Waals surface area (Å²) in [6.07, 6.45) is 1.63. The summed E-state index contributed by atoms with van der Waals surface area (Å²) in [5, 5.41) is 15.6. The number of carbonyl (C=O) groups excluding carboxylic acids is 1. The molecule has 0 spiro atoms. The van der Waals surface area contributed by atoms with Crippen LogP contribution in [0.3, 0.4) is 0 Å². The molecule has 2 aromatic rings. The molecular weight excluding hydrogens is 452 g/mol. The van der Waals surface area contributed by atoms with Gasteiger partial charge in [-0.3, -0.25) is 10.2 Å². The Morgan fingerprint density at radius 3 is 2.56 bits per heavy atom. The van der Waals surface area contributed by atoms with Gasteiger partial charge in [-0.25, -0.2) is 0 Å². The summed E-state index contributed by atoms with van der Waals surface area (Å²) < 4.78 is 17.3. The predicted molar refractivity (Wildman–Crippen MR) is 135 cm³/mol. The molecule has 0 atom stereocenters. The first-order chi connectivity index (χ1) is 16.5. The van der Waals surface area contributed by atoms with Crippen LogP contribution in [-0.4, -0.2) is 46.8 Å². The second-order valence-electron chi connectivity index (χ2n) is 7.76. The van der Waals surface area contributed by atoms with Gasteiger partial charge in [-0.15, -0.1) is 0 Å². The number of nitrogens with one attached hydrogen (secondary N) is 1. The van der Waals surface area contributed by atoms with Gasteiger partial charge < -0.3 is 14.2 Å². The molecule has 2 aromatic carbocycles. The molecule has 0 bridgehead atoms. The Kier molecular flexibility index (Phi) is 7.32. The number of rotatable bonds is 9. The third-order valence-electron chi connectivity index (χ3n) is 4.90. The zero-order valence-electron chi connectivity index (χ0n) is 19.3. The molecule has 2 heterocycles. The van der Waals surface area contributed by atoms with Crippen LogP contribution in [0.15, 0.2) is 64.2 Å². The Labute approximate surface area is 202 Å². The average molecular weight is 479 g/mol. The number of amides is 1. The molecule has 1 N–H and O–H groups in total. The first kappa shape index (κ1) is 23.6. The fraction of sp³-hybridized carbons (Fsp3) is 0.280. The van der Waals surface area contributed by atoms with Crippen LogP contribution in [-0.2, 0) is 4.79 Å². The van der Waals surface area contributed by atoms with Crippen molar-refractivity contribution in [2.75, 3.05) is 19.8 Å². The van der Waals surface area contributed by atoms with Crippen LogP contribution < -0.4 is 14.2 Å². The first-order valence-electron chi connectivity index (χ1n) is 11.0. The van der Waals surface area contributed by atoms with E-state index < -0.39 is 5.91 Å². The summed E-state index contributed by atoms with van der Waals surface area (Å²) in [4.78, 5) is 16.8. The van der Waals surface area contributed by atoms with Gasteiger partial charge in [0.2, 0.25) is 5.17 Å². The maximum Gasteiger partial charge on any atom is 0.283 e. The summed E-state index contributed by atoms with van der Waals surface area (Å²) in [6.45, 7) is 7.11. The van der Waals surface area contributed by atoms with Crippen molar-refractivity contribution in [2.24, 2.45) is 16.0 Å². The van der Waals surface area contributed by atoms with E-state index in [9.17, 15) is 4.79 Å². The molecule has 0 saturated carbocycles. The highest BCUT2D eigenvalue weighted by molar-refractivity contribution is 8.27. The van der Waals surface area contributed by atoms with E-state index in [1.807, 2.05) is 57.2 Å². The van der Waals surface area contributed by atoms with Crippen molar-refractivity contribution in [2.45, 2.75) is 20.8 Å². The molecule has 2 aliphatic rings. The van der Waals surface area contributed by atoms with Crippen molar-refractivity contribution in [3.05, 3.63) is 59.7 Å². The lowest BCUT2D eigenvalue weighted by molar-refractivity contribution is -0.114. The Balaban J connectivity index is 1.48. The van der Waals surface area contributed by atoms with Crippen molar-refractivity contribution < 1.29 is 19.0 Å². The molecule has 0 saturated heterocycles. The molecule has 0 aliphatic carbocycles. The fourth-order valence-electron chi connectivity index (χ4n) is 3.24. The summed E-state index contributed by atoms with van der Waals surface area (Å²) in [5.41, 5.74) is 0.869. The highest BCUT2D eigenvalue weighted by Gasteiger charge is 2.36. The van der Waals surface area contributed by atoms with Gasteiger partial charge in [0.1, 0.15) is 24.0 Å². The smallest absolute Gasteiger partial charge is 0.283 e. The number of ether oxygens (including phenoxy) is 3. The molecule has 0 radical (unpaired) electrons. The highest BCUT2D eigenvalue weighted by Crippen LogP contribution is 2.33. The van der Waals surface area contributed by atoms with E-state index in [2.05, 4.69) is 10.1 Å². The van der Waals surface area contributed by atoms with E-state index in [1.165, 1.54) is 16.8 Å². The second-order valence-corrected chi connectivity index (χ2v) is 8.75. The molecule has 0 fully saturated rings. The summed E-state index contributed by atoms with van der Waals surface area (Å²) >= 11 is 1.33. The number of aliphatic imine (C=N–C) groups is 1. The normalized spacial score (nSPS) is 16.5. The van der Waals surface area contributed by atoms with Crippen molar-refractivity contribution in [1.29, 1.82) is 5.41 Å². The largest absolute Gasteiger partial charge is 0.490 e. The van der Waals surface area contributed by atoms with E-state index in [-0.39, 0.29) is 17.3 Å². The minimum absolute atomic E-state index is 0.00879. The third-order valence-corrected chi connectivity index (χ3v) is 6.10. The van der Waals surface area contributed by atoms with Gasteiger partial charge in [-0.05, 0) is 54.6 Å². The van der Waals surface area contributed by atoms with Gasteiger partial charge >= 0.3 is 0 Å². The lowest BCUT2D eigenvalue weighted by Crippen LogP contribution is -2.35. The van der Waals surface area contributed by atoms with Crippen LogP contribution in [0.4, 0.5) is 0 Å². The zero-order chi connectivity index (χ0) is 24.1. The minimum Gasteiger partial charge on any atom is -0.490 e. The summed E-state index contributed by atoms with van der Waals surface area (Å²) in [7, 11) is 0. The van der Waals surface area contributed by atoms with E-state index in [1.54, 1.807) is 18.2 Å². The minimum atomic E-state index is -0.458. The predicted octanol–water partition coefficient (Wildman–Crippen LogP) is 4.82. The molecule has 1 amide bonds. The summed E-state index contributed by atoms with van der Waals surface area (Å²) in [5.74, 6) is 1.65. The van der Waals surface area contributed by atoms with Crippen LogP contribution in [0.5, 0.6) is 17.2 Å². The number of benzene rings is 2. The Hall–Kier alpha value is -3.59. The summed E-state index contributed by atoms with van der Waals surface area (Å²) in [6, 6.07) is 14.9. The second kappa shape index (κ2) is 10.6. The number of hydrogen-bond acceptors (Lipinski definition) is 7. The number of hydrogen-bond donors (Lipinski definition) is 1. The molecule has 176 valence electrons. The van der Waals surface area contributed by atoms with Crippen molar-refractivity contribution in [3.8, 4) is 17.2 Å². The Morgan fingerprint density at radius 1 is 1.06 bits per heavy atom. The van der Waals surface area contributed by atoms with Crippen molar-refractivity contribution in [3.63, 3.8) is 0 Å². The molecule has 4 rings (SSSR count). The van der Waals surface area contributed by atoms with Crippen LogP contribution in [0, 0.1) is 11.3 Å². The molecule has 8 nitrogen and oxygen atoms in total. The topological polar surface area (TPSA) is 96.6 Å². The van der Waals surface area contributed by atoms with Crippen LogP contribution >= 0.6 is 11.8 Å². The van der Waals surface area contributed by atoms with Gasteiger partial charge in [0.25, 0.3) is 5.91 Å². The molecule has 0 aromatic heterocycles. The highest BCUT2D eigenvalue weighted by atomic mass is 32.2. The van der Waals surface area contributed by atoms with E-state index in [4.69, 9.17) is 19.6 Å². The first-order valence-corrected chi connectivity index (χ1v) is 11.9. The maximum atomic E-state index is 12.6. The molecular formula is C25H26N4O4S. The van der Waals surface area contributed by atoms with Crippen molar-refractivity contribution in [1.82, 2.24) is 5.01 Å². The number of nitrogens with zero attached hydrogens (tertiary/aromatic N) is 3. The molecule has 9 heteroatoms. The number of amidine groups is 2. The van der Waals surface area contributed by atoms with E-state index >= 15 is 0 Å². The van der Waals surface area contributed by atoms with Crippen LogP contribution in [0.25, 0.3) is 6.08 Å². The average Bonchev–Trinajstić information content (AvgIpc) is 3.26. The number of para-hydroxylation sites is 1. The molecule has 2 aliphatic heterocycles. The standard InChI is InChI=1S/C25H26N4O4S/c1-4-31-21-15-17(10-11-20(21)33-13-12-32-18-8-6-5-7-9-18)14-19-22(26)29-25(27-23(19)30)34-24(28-29)16(2)3/h5-11,14-16,26H,4,12-13H2,1-3H3/b19-14-,26-22?. The number of fused-ring (bicyclic) bond motifs is 1. The van der Waals surface area contributed by atoms with Gasteiger partial charge in [0.15, 0.2) is 17.3 Å². The van der Waals surface area contributed by atoms with Gasteiger partial charge in [-0.1, -0.05) is 38.1 Å². The molecule has 34 heavy (non-hydrogen) atoms. The third kappa shape index (κ3) is 5.31. The number of hydrazone groups is 1. The number of thioether (sulfide) groups is 1. The Morgan fingerprint density at radius 2 is 1.82 bits per heavy atom. The lowest BCUT2D eigenvalue weighted by atomic mass is 10.1. The van der Waals surface area contributed by atoms with E-state index in [0.29, 0.717) is 42.1 Å². The quantitative estimate of drug-likeness (QED) is 0.410. The zero-order valence-corrected chi connectivity index (χ0v) is 20.1. The van der Waals surface area contributed by atoms with Gasteiger partial charge in [-0.2, -0.15) is 15.1 Å². The van der Waals surface area contributed by atoms with Gasteiger partial charge in [0.05, 0.1) is 12.2 Å². The monoisotopic (exact) mass is 478 g/mol.